The van der Waals surface area contributed by atoms with E-state index in [0.29, 0.717) is 5.92 Å². The van der Waals surface area contributed by atoms with E-state index in [1.165, 1.54) is 11.1 Å². The second-order valence-corrected chi connectivity index (χ2v) is 5.78. The third kappa shape index (κ3) is 2.86. The second-order valence-electron chi connectivity index (χ2n) is 5.78. The molecule has 1 heteroatoms. The molecule has 2 aromatic rings. The zero-order chi connectivity index (χ0) is 13.9. The van der Waals surface area contributed by atoms with Gasteiger partial charge < -0.3 is 0 Å². The lowest BCUT2D eigenvalue weighted by molar-refractivity contribution is 0.613. The fourth-order valence-corrected chi connectivity index (χ4v) is 2.30. The van der Waals surface area contributed by atoms with E-state index in [-0.39, 0.29) is 5.41 Å². The summed E-state index contributed by atoms with van der Waals surface area (Å²) >= 11 is 0. The Kier molecular flexibility index (Phi) is 4.04. The van der Waals surface area contributed by atoms with Gasteiger partial charge in [-0.25, -0.2) is 0 Å². The van der Waals surface area contributed by atoms with Crippen molar-refractivity contribution in [1.82, 2.24) is 4.98 Å². The number of aromatic nitrogens is 1. The minimum absolute atomic E-state index is 0.0464. The number of hydrogen-bond donors (Lipinski definition) is 0. The van der Waals surface area contributed by atoms with E-state index in [4.69, 9.17) is 4.98 Å². The van der Waals surface area contributed by atoms with E-state index in [9.17, 15) is 0 Å². The molecule has 100 valence electrons. The molecular weight excluding hydrogens is 230 g/mol. The highest BCUT2D eigenvalue weighted by Crippen LogP contribution is 2.30. The molecule has 1 unspecified atom stereocenters. The van der Waals surface area contributed by atoms with Crippen molar-refractivity contribution in [2.24, 2.45) is 0 Å². The Morgan fingerprint density at radius 1 is 1.05 bits per heavy atom. The first-order valence-corrected chi connectivity index (χ1v) is 7.07. The van der Waals surface area contributed by atoms with Gasteiger partial charge in [0.05, 0.1) is 5.69 Å². The Morgan fingerprint density at radius 2 is 1.74 bits per heavy atom. The SMILES string of the molecule is CCC(C)c1ccc(C(C)(C)c2ccccc2)nc1. The van der Waals surface area contributed by atoms with Gasteiger partial charge in [0.1, 0.15) is 0 Å². The van der Waals surface area contributed by atoms with Crippen LogP contribution in [-0.2, 0) is 5.41 Å². The Balaban J connectivity index is 2.31. The first-order valence-electron chi connectivity index (χ1n) is 7.07. The summed E-state index contributed by atoms with van der Waals surface area (Å²) < 4.78 is 0. The Labute approximate surface area is 116 Å². The van der Waals surface area contributed by atoms with Crippen LogP contribution in [0.2, 0.25) is 0 Å². The van der Waals surface area contributed by atoms with Crippen LogP contribution in [0.3, 0.4) is 0 Å². The number of rotatable bonds is 4. The lowest BCUT2D eigenvalue weighted by Crippen LogP contribution is -2.20. The molecule has 19 heavy (non-hydrogen) atoms. The minimum Gasteiger partial charge on any atom is -0.260 e. The molecule has 0 amide bonds. The molecule has 1 atom stereocenters. The minimum atomic E-state index is -0.0464. The van der Waals surface area contributed by atoms with Crippen LogP contribution in [0.15, 0.2) is 48.7 Å². The van der Waals surface area contributed by atoms with Gasteiger partial charge in [-0.15, -0.1) is 0 Å². The highest BCUT2D eigenvalue weighted by atomic mass is 14.7. The fraction of sp³-hybridized carbons (Fsp3) is 0.389. The van der Waals surface area contributed by atoms with Gasteiger partial charge in [-0.3, -0.25) is 4.98 Å². The Bertz CT molecular complexity index is 511. The van der Waals surface area contributed by atoms with Crippen molar-refractivity contribution in [1.29, 1.82) is 0 Å². The number of nitrogens with zero attached hydrogens (tertiary/aromatic N) is 1. The molecule has 0 saturated carbocycles. The molecule has 0 aliphatic heterocycles. The highest BCUT2D eigenvalue weighted by molar-refractivity contribution is 5.34. The van der Waals surface area contributed by atoms with Crippen molar-refractivity contribution >= 4 is 0 Å². The average molecular weight is 253 g/mol. The second kappa shape index (κ2) is 5.56. The topological polar surface area (TPSA) is 12.9 Å². The van der Waals surface area contributed by atoms with Crippen molar-refractivity contribution in [2.45, 2.75) is 45.4 Å². The zero-order valence-corrected chi connectivity index (χ0v) is 12.4. The first-order chi connectivity index (χ1) is 9.05. The lowest BCUT2D eigenvalue weighted by atomic mass is 9.81. The molecular formula is C18H23N. The van der Waals surface area contributed by atoms with Gasteiger partial charge in [0.2, 0.25) is 0 Å². The van der Waals surface area contributed by atoms with E-state index in [1.54, 1.807) is 0 Å². The predicted molar refractivity (Wildman–Crippen MR) is 81.5 cm³/mol. The maximum Gasteiger partial charge on any atom is 0.0503 e. The maximum atomic E-state index is 4.70. The van der Waals surface area contributed by atoms with Gasteiger partial charge in [-0.2, -0.15) is 0 Å². The third-order valence-electron chi connectivity index (χ3n) is 4.10. The van der Waals surface area contributed by atoms with E-state index in [1.807, 2.05) is 6.20 Å². The summed E-state index contributed by atoms with van der Waals surface area (Å²) in [5.74, 6) is 0.585. The van der Waals surface area contributed by atoms with Crippen molar-refractivity contribution < 1.29 is 0 Å². The van der Waals surface area contributed by atoms with Crippen molar-refractivity contribution in [2.75, 3.05) is 0 Å². The fourth-order valence-electron chi connectivity index (χ4n) is 2.30. The number of pyridine rings is 1. The normalized spacial score (nSPS) is 13.3. The molecule has 0 spiro atoms. The van der Waals surface area contributed by atoms with Gasteiger partial charge in [0.15, 0.2) is 0 Å². The smallest absolute Gasteiger partial charge is 0.0503 e. The van der Waals surface area contributed by atoms with Crippen molar-refractivity contribution in [3.05, 3.63) is 65.5 Å². The van der Waals surface area contributed by atoms with Crippen LogP contribution in [0, 0.1) is 0 Å². The van der Waals surface area contributed by atoms with Crippen LogP contribution in [0.25, 0.3) is 0 Å². The third-order valence-corrected chi connectivity index (χ3v) is 4.10. The van der Waals surface area contributed by atoms with E-state index < -0.39 is 0 Å². The van der Waals surface area contributed by atoms with E-state index >= 15 is 0 Å². The van der Waals surface area contributed by atoms with Crippen molar-refractivity contribution in [3.8, 4) is 0 Å². The Hall–Kier alpha value is -1.63. The highest BCUT2D eigenvalue weighted by Gasteiger charge is 2.24. The molecule has 1 aromatic carbocycles. The van der Waals surface area contributed by atoms with Crippen LogP contribution in [-0.4, -0.2) is 4.98 Å². The van der Waals surface area contributed by atoms with Crippen LogP contribution in [0.1, 0.15) is 56.9 Å². The van der Waals surface area contributed by atoms with Gasteiger partial charge in [0, 0.05) is 11.6 Å². The monoisotopic (exact) mass is 253 g/mol. The largest absolute Gasteiger partial charge is 0.260 e. The molecule has 1 heterocycles. The predicted octanol–water partition coefficient (Wildman–Crippen LogP) is 4.92. The number of benzene rings is 1. The van der Waals surface area contributed by atoms with Crippen molar-refractivity contribution in [3.63, 3.8) is 0 Å². The van der Waals surface area contributed by atoms with Crippen LogP contribution < -0.4 is 0 Å². The number of hydrogen-bond acceptors (Lipinski definition) is 1. The quantitative estimate of drug-likeness (QED) is 0.753. The molecule has 0 N–H and O–H groups in total. The van der Waals surface area contributed by atoms with Crippen LogP contribution in [0.4, 0.5) is 0 Å². The van der Waals surface area contributed by atoms with Crippen LogP contribution >= 0.6 is 0 Å². The molecule has 2 rings (SSSR count). The van der Waals surface area contributed by atoms with E-state index in [2.05, 4.69) is 70.2 Å². The van der Waals surface area contributed by atoms with E-state index in [0.717, 1.165) is 12.1 Å². The summed E-state index contributed by atoms with van der Waals surface area (Å²) in [4.78, 5) is 4.70. The maximum absolute atomic E-state index is 4.70. The molecule has 0 saturated heterocycles. The average Bonchev–Trinajstić information content (AvgIpc) is 2.47. The Morgan fingerprint density at radius 3 is 2.26 bits per heavy atom. The summed E-state index contributed by atoms with van der Waals surface area (Å²) in [5, 5.41) is 0. The van der Waals surface area contributed by atoms with Gasteiger partial charge in [-0.1, -0.05) is 64.1 Å². The summed E-state index contributed by atoms with van der Waals surface area (Å²) in [5.41, 5.74) is 3.72. The molecule has 1 aromatic heterocycles. The lowest BCUT2D eigenvalue weighted by Gasteiger charge is -2.25. The molecule has 0 fully saturated rings. The zero-order valence-electron chi connectivity index (χ0n) is 12.4. The standard InChI is InChI=1S/C18H23N/c1-5-14(2)15-11-12-17(19-13-15)18(3,4)16-9-7-6-8-10-16/h6-14H,5H2,1-4H3. The molecule has 0 aliphatic carbocycles. The summed E-state index contributed by atoms with van der Waals surface area (Å²) in [6.07, 6.45) is 3.19. The first kappa shape index (κ1) is 13.8. The summed E-state index contributed by atoms with van der Waals surface area (Å²) in [7, 11) is 0. The van der Waals surface area contributed by atoms with Gasteiger partial charge >= 0.3 is 0 Å². The molecule has 0 bridgehead atoms. The van der Waals surface area contributed by atoms with Gasteiger partial charge in [-0.05, 0) is 29.5 Å². The summed E-state index contributed by atoms with van der Waals surface area (Å²) in [6.45, 7) is 8.92. The van der Waals surface area contributed by atoms with Crippen LogP contribution in [0.5, 0.6) is 0 Å². The molecule has 1 nitrogen and oxygen atoms in total. The molecule has 0 aliphatic rings. The van der Waals surface area contributed by atoms with Gasteiger partial charge in [0.25, 0.3) is 0 Å². The summed E-state index contributed by atoms with van der Waals surface area (Å²) in [6, 6.07) is 15.0. The molecule has 0 radical (unpaired) electrons.